The van der Waals surface area contributed by atoms with Gasteiger partial charge in [0.05, 0.1) is 6.54 Å². The van der Waals surface area contributed by atoms with Gasteiger partial charge in [-0.3, -0.25) is 9.36 Å². The van der Waals surface area contributed by atoms with Gasteiger partial charge in [-0.25, -0.2) is 4.79 Å². The zero-order chi connectivity index (χ0) is 14.1. The van der Waals surface area contributed by atoms with Gasteiger partial charge in [-0.1, -0.05) is 18.2 Å². The lowest BCUT2D eigenvalue weighted by Gasteiger charge is -2.13. The van der Waals surface area contributed by atoms with E-state index < -0.39 is 0 Å². The summed E-state index contributed by atoms with van der Waals surface area (Å²) in [4.78, 5) is 24.0. The third-order valence-corrected chi connectivity index (χ3v) is 3.58. The van der Waals surface area contributed by atoms with E-state index in [-0.39, 0.29) is 23.9 Å². The molecule has 0 fully saturated rings. The predicted octanol–water partition coefficient (Wildman–Crippen LogP) is 1.03. The third-order valence-electron chi connectivity index (χ3n) is 3.58. The molecule has 104 valence electrons. The predicted molar refractivity (Wildman–Crippen MR) is 75.2 cm³/mol. The number of benzene rings is 1. The molecule has 0 amide bonds. The highest BCUT2D eigenvalue weighted by Crippen LogP contribution is 2.28. The topological polar surface area (TPSA) is 53.2 Å². The van der Waals surface area contributed by atoms with E-state index >= 15 is 0 Å². The van der Waals surface area contributed by atoms with Crippen molar-refractivity contribution in [2.24, 2.45) is 0 Å². The fraction of sp³-hybridized carbons (Fsp3) is 0.333. The van der Waals surface area contributed by atoms with Crippen LogP contribution in [0.1, 0.15) is 12.5 Å². The molecule has 0 radical (unpaired) electrons. The summed E-state index contributed by atoms with van der Waals surface area (Å²) in [6, 6.07) is 9.22. The van der Waals surface area contributed by atoms with Crippen LogP contribution in [-0.4, -0.2) is 15.2 Å². The van der Waals surface area contributed by atoms with E-state index in [1.807, 2.05) is 31.2 Å². The second-order valence-corrected chi connectivity index (χ2v) is 4.88. The summed E-state index contributed by atoms with van der Waals surface area (Å²) < 4.78 is 8.55. The van der Waals surface area contributed by atoms with Crippen LogP contribution in [0.15, 0.2) is 46.1 Å². The summed E-state index contributed by atoms with van der Waals surface area (Å²) in [5.41, 5.74) is 0.566. The molecule has 1 aromatic carbocycles. The lowest BCUT2D eigenvalue weighted by atomic mass is 10.1. The van der Waals surface area contributed by atoms with E-state index in [0.717, 1.165) is 17.7 Å². The van der Waals surface area contributed by atoms with E-state index in [0.29, 0.717) is 6.54 Å². The van der Waals surface area contributed by atoms with Crippen molar-refractivity contribution < 1.29 is 4.74 Å². The van der Waals surface area contributed by atoms with Crippen LogP contribution in [0.4, 0.5) is 0 Å². The molecule has 5 heteroatoms. The highest BCUT2D eigenvalue weighted by Gasteiger charge is 2.23. The fourth-order valence-electron chi connectivity index (χ4n) is 2.52. The molecule has 1 unspecified atom stereocenters. The molecule has 2 heterocycles. The maximum Gasteiger partial charge on any atom is 0.331 e. The van der Waals surface area contributed by atoms with Crippen LogP contribution in [0.25, 0.3) is 0 Å². The van der Waals surface area contributed by atoms with Gasteiger partial charge < -0.3 is 9.30 Å². The van der Waals surface area contributed by atoms with E-state index in [2.05, 4.69) is 0 Å². The molecule has 0 aliphatic carbocycles. The standard InChI is InChI=1S/C15H16N2O3/c1-2-16-8-7-14(18)17(15(16)19)10-12-9-11-5-3-4-6-13(11)20-12/h3-8,12H,2,9-10H2,1H3. The Kier molecular flexibility index (Phi) is 3.18. The molecule has 0 spiro atoms. The molecule has 5 nitrogen and oxygen atoms in total. The zero-order valence-electron chi connectivity index (χ0n) is 11.3. The molecule has 1 aromatic heterocycles. The number of para-hydroxylation sites is 1. The Morgan fingerprint density at radius 1 is 1.25 bits per heavy atom. The van der Waals surface area contributed by atoms with E-state index in [4.69, 9.17) is 4.74 Å². The first-order chi connectivity index (χ1) is 9.69. The highest BCUT2D eigenvalue weighted by atomic mass is 16.5. The van der Waals surface area contributed by atoms with Crippen molar-refractivity contribution in [2.75, 3.05) is 0 Å². The molecule has 0 saturated carbocycles. The van der Waals surface area contributed by atoms with Gasteiger partial charge in [0.25, 0.3) is 5.56 Å². The average molecular weight is 272 g/mol. The molecule has 1 aliphatic heterocycles. The largest absolute Gasteiger partial charge is 0.488 e. The van der Waals surface area contributed by atoms with Gasteiger partial charge in [-0.05, 0) is 18.6 Å². The van der Waals surface area contributed by atoms with Crippen LogP contribution < -0.4 is 16.0 Å². The Morgan fingerprint density at radius 2 is 2.05 bits per heavy atom. The zero-order valence-corrected chi connectivity index (χ0v) is 11.3. The van der Waals surface area contributed by atoms with Crippen molar-refractivity contribution in [1.29, 1.82) is 0 Å². The van der Waals surface area contributed by atoms with Crippen LogP contribution in [0.3, 0.4) is 0 Å². The number of ether oxygens (including phenoxy) is 1. The molecule has 20 heavy (non-hydrogen) atoms. The first-order valence-corrected chi connectivity index (χ1v) is 6.74. The van der Waals surface area contributed by atoms with Crippen molar-refractivity contribution in [1.82, 2.24) is 9.13 Å². The molecule has 2 aromatic rings. The number of hydrogen-bond donors (Lipinski definition) is 0. The monoisotopic (exact) mass is 272 g/mol. The second kappa shape index (κ2) is 5.00. The summed E-state index contributed by atoms with van der Waals surface area (Å²) >= 11 is 0. The Hall–Kier alpha value is -2.30. The number of hydrogen-bond acceptors (Lipinski definition) is 3. The third kappa shape index (κ3) is 2.15. The highest BCUT2D eigenvalue weighted by molar-refractivity contribution is 5.37. The summed E-state index contributed by atoms with van der Waals surface area (Å²) in [7, 11) is 0. The van der Waals surface area contributed by atoms with Gasteiger partial charge in [-0.2, -0.15) is 0 Å². The summed E-state index contributed by atoms with van der Waals surface area (Å²) in [6.45, 7) is 2.70. The quantitative estimate of drug-likeness (QED) is 0.838. The Labute approximate surface area is 116 Å². The maximum absolute atomic E-state index is 12.2. The minimum atomic E-state index is -0.278. The molecule has 3 rings (SSSR count). The van der Waals surface area contributed by atoms with Crippen LogP contribution in [0.5, 0.6) is 5.75 Å². The molecular weight excluding hydrogens is 256 g/mol. The van der Waals surface area contributed by atoms with Crippen LogP contribution >= 0.6 is 0 Å². The fourth-order valence-corrected chi connectivity index (χ4v) is 2.52. The number of nitrogens with zero attached hydrogens (tertiary/aromatic N) is 2. The van der Waals surface area contributed by atoms with Gasteiger partial charge in [0.15, 0.2) is 0 Å². The number of aryl methyl sites for hydroxylation is 1. The van der Waals surface area contributed by atoms with Crippen molar-refractivity contribution in [3.05, 3.63) is 62.9 Å². The van der Waals surface area contributed by atoms with Gasteiger partial charge >= 0.3 is 5.69 Å². The number of fused-ring (bicyclic) bond motifs is 1. The second-order valence-electron chi connectivity index (χ2n) is 4.88. The van der Waals surface area contributed by atoms with E-state index in [1.54, 1.807) is 0 Å². The number of rotatable bonds is 3. The SMILES string of the molecule is CCn1ccc(=O)n(CC2Cc3ccccc3O2)c1=O. The Bertz CT molecular complexity index is 720. The van der Waals surface area contributed by atoms with E-state index in [9.17, 15) is 9.59 Å². The van der Waals surface area contributed by atoms with Crippen molar-refractivity contribution in [3.8, 4) is 5.75 Å². The molecular formula is C15H16N2O3. The molecule has 0 N–H and O–H groups in total. The molecule has 1 aliphatic rings. The minimum Gasteiger partial charge on any atom is -0.488 e. The number of aromatic nitrogens is 2. The first-order valence-electron chi connectivity index (χ1n) is 6.74. The van der Waals surface area contributed by atoms with Gasteiger partial charge in [0.1, 0.15) is 11.9 Å². The van der Waals surface area contributed by atoms with E-state index in [1.165, 1.54) is 21.4 Å². The maximum atomic E-state index is 12.2. The van der Waals surface area contributed by atoms with Gasteiger partial charge in [-0.15, -0.1) is 0 Å². The van der Waals surface area contributed by atoms with Gasteiger partial charge in [0, 0.05) is 25.2 Å². The van der Waals surface area contributed by atoms with Crippen LogP contribution in [-0.2, 0) is 19.5 Å². The van der Waals surface area contributed by atoms with Crippen LogP contribution in [0.2, 0.25) is 0 Å². The first kappa shape index (κ1) is 12.7. The average Bonchev–Trinajstić information content (AvgIpc) is 2.86. The molecule has 1 atom stereocenters. The van der Waals surface area contributed by atoms with Gasteiger partial charge in [0.2, 0.25) is 0 Å². The van der Waals surface area contributed by atoms with Crippen LogP contribution in [0, 0.1) is 0 Å². The molecule has 0 bridgehead atoms. The Morgan fingerprint density at radius 3 is 2.80 bits per heavy atom. The lowest BCUT2D eigenvalue weighted by Crippen LogP contribution is -2.42. The lowest BCUT2D eigenvalue weighted by molar-refractivity contribution is 0.204. The van der Waals surface area contributed by atoms with Crippen molar-refractivity contribution in [3.63, 3.8) is 0 Å². The Balaban J connectivity index is 1.88. The minimum absolute atomic E-state index is 0.162. The van der Waals surface area contributed by atoms with Crippen molar-refractivity contribution in [2.45, 2.75) is 32.5 Å². The smallest absolute Gasteiger partial charge is 0.331 e. The van der Waals surface area contributed by atoms with Crippen molar-refractivity contribution >= 4 is 0 Å². The summed E-state index contributed by atoms with van der Waals surface area (Å²) in [5, 5.41) is 0. The summed E-state index contributed by atoms with van der Waals surface area (Å²) in [5.74, 6) is 0.845. The summed E-state index contributed by atoms with van der Waals surface area (Å²) in [6.07, 6.45) is 2.10. The molecule has 0 saturated heterocycles. The normalized spacial score (nSPS) is 16.8.